The molecular weight excluding hydrogens is 304 g/mol. The van der Waals surface area contributed by atoms with Crippen LogP contribution in [0, 0.1) is 0 Å². The number of carbonyl (C=O) groups is 1. The quantitative estimate of drug-likeness (QED) is 0.638. The summed E-state index contributed by atoms with van der Waals surface area (Å²) in [6.07, 6.45) is 0.261. The highest BCUT2D eigenvalue weighted by molar-refractivity contribution is 6.30. The molecule has 0 radical (unpaired) electrons. The average molecular weight is 319 g/mol. The van der Waals surface area contributed by atoms with Crippen molar-refractivity contribution in [3.63, 3.8) is 0 Å². The van der Waals surface area contributed by atoms with E-state index in [-0.39, 0.29) is 18.3 Å². The van der Waals surface area contributed by atoms with E-state index in [0.29, 0.717) is 22.3 Å². The fourth-order valence-corrected chi connectivity index (χ4v) is 2.83. The van der Waals surface area contributed by atoms with Gasteiger partial charge < -0.3 is 14.2 Å². The summed E-state index contributed by atoms with van der Waals surface area (Å²) in [5.41, 5.74) is 1.84. The second kappa shape index (κ2) is 5.89. The van der Waals surface area contributed by atoms with E-state index in [0.717, 1.165) is 11.1 Å². The Hall–Kier alpha value is -2.20. The van der Waals surface area contributed by atoms with E-state index in [1.165, 1.54) is 0 Å². The Morgan fingerprint density at radius 1 is 1.14 bits per heavy atom. The lowest BCUT2D eigenvalue weighted by Gasteiger charge is -2.27. The Morgan fingerprint density at radius 2 is 1.86 bits per heavy atom. The van der Waals surface area contributed by atoms with Gasteiger partial charge in [-0.15, -0.1) is 0 Å². The lowest BCUT2D eigenvalue weighted by Crippen LogP contribution is -2.21. The summed E-state index contributed by atoms with van der Waals surface area (Å²) in [5, 5.41) is 0.657. The number of hydrogen-bond acceptors (Lipinski definition) is 4. The molecule has 3 rings (SSSR count). The third-order valence-corrected chi connectivity index (χ3v) is 4.00. The fourth-order valence-electron chi connectivity index (χ4n) is 2.70. The van der Waals surface area contributed by atoms with Crippen molar-refractivity contribution in [2.45, 2.75) is 12.3 Å². The molecule has 0 bridgehead atoms. The lowest BCUT2D eigenvalue weighted by molar-refractivity contribution is -0.135. The molecule has 22 heavy (non-hydrogen) atoms. The molecule has 0 spiro atoms. The van der Waals surface area contributed by atoms with Crippen molar-refractivity contribution in [1.82, 2.24) is 0 Å². The number of esters is 1. The highest BCUT2D eigenvalue weighted by Crippen LogP contribution is 2.46. The van der Waals surface area contributed by atoms with Crippen LogP contribution in [0.1, 0.15) is 23.5 Å². The highest BCUT2D eigenvalue weighted by atomic mass is 35.5. The molecule has 1 heterocycles. The number of methoxy groups -OCH3 is 2. The molecule has 5 heteroatoms. The van der Waals surface area contributed by atoms with Crippen molar-refractivity contribution in [3.05, 3.63) is 52.5 Å². The van der Waals surface area contributed by atoms with Gasteiger partial charge in [-0.2, -0.15) is 0 Å². The van der Waals surface area contributed by atoms with Gasteiger partial charge in [0, 0.05) is 28.6 Å². The first-order valence-electron chi connectivity index (χ1n) is 6.84. The number of benzene rings is 2. The minimum absolute atomic E-state index is 0.130. The van der Waals surface area contributed by atoms with Crippen LogP contribution < -0.4 is 14.2 Å². The van der Waals surface area contributed by atoms with Gasteiger partial charge >= 0.3 is 5.97 Å². The van der Waals surface area contributed by atoms with Gasteiger partial charge in [-0.25, -0.2) is 0 Å². The van der Waals surface area contributed by atoms with Crippen LogP contribution in [0.4, 0.5) is 0 Å². The monoisotopic (exact) mass is 318 g/mol. The molecular formula is C17H15ClO4. The Morgan fingerprint density at radius 3 is 2.50 bits per heavy atom. The van der Waals surface area contributed by atoms with Crippen LogP contribution in [0.2, 0.25) is 5.02 Å². The maximum atomic E-state index is 11.9. The number of carbonyl (C=O) groups excluding carboxylic acids is 1. The van der Waals surface area contributed by atoms with Gasteiger partial charge in [0.05, 0.1) is 20.6 Å². The van der Waals surface area contributed by atoms with Gasteiger partial charge in [-0.05, 0) is 17.7 Å². The SMILES string of the molecule is COc1cc(OC)c2c(c1)OC(=O)C[C@@H]2c1ccc(Cl)cc1. The van der Waals surface area contributed by atoms with Gasteiger partial charge in [0.15, 0.2) is 0 Å². The smallest absolute Gasteiger partial charge is 0.312 e. The number of ether oxygens (including phenoxy) is 3. The molecule has 0 aromatic heterocycles. The van der Waals surface area contributed by atoms with Crippen LogP contribution >= 0.6 is 11.6 Å². The van der Waals surface area contributed by atoms with Gasteiger partial charge in [0.2, 0.25) is 0 Å². The second-order valence-corrected chi connectivity index (χ2v) is 5.46. The van der Waals surface area contributed by atoms with Gasteiger partial charge in [-0.3, -0.25) is 4.79 Å². The number of fused-ring (bicyclic) bond motifs is 1. The summed E-state index contributed by atoms with van der Waals surface area (Å²) in [6, 6.07) is 11.0. The molecule has 2 aromatic carbocycles. The summed E-state index contributed by atoms with van der Waals surface area (Å²) < 4.78 is 16.1. The van der Waals surface area contributed by atoms with Gasteiger partial charge in [0.1, 0.15) is 17.2 Å². The van der Waals surface area contributed by atoms with E-state index in [4.69, 9.17) is 25.8 Å². The van der Waals surface area contributed by atoms with Crippen LogP contribution in [0.15, 0.2) is 36.4 Å². The summed E-state index contributed by atoms with van der Waals surface area (Å²) in [4.78, 5) is 11.9. The highest BCUT2D eigenvalue weighted by Gasteiger charge is 2.32. The second-order valence-electron chi connectivity index (χ2n) is 5.02. The Bertz CT molecular complexity index is 709. The largest absolute Gasteiger partial charge is 0.496 e. The van der Waals surface area contributed by atoms with Crippen molar-refractivity contribution in [3.8, 4) is 17.2 Å². The Labute approximate surface area is 133 Å². The Kier molecular flexibility index (Phi) is 3.94. The maximum Gasteiger partial charge on any atom is 0.312 e. The predicted molar refractivity (Wildman–Crippen MR) is 83.1 cm³/mol. The van der Waals surface area contributed by atoms with Crippen molar-refractivity contribution in [1.29, 1.82) is 0 Å². The summed E-state index contributed by atoms with van der Waals surface area (Å²) in [6.45, 7) is 0. The van der Waals surface area contributed by atoms with Crippen LogP contribution in [-0.2, 0) is 4.79 Å². The fraction of sp³-hybridized carbons (Fsp3) is 0.235. The molecule has 2 aromatic rings. The summed E-state index contributed by atoms with van der Waals surface area (Å²) >= 11 is 5.94. The third kappa shape index (κ3) is 2.62. The molecule has 0 N–H and O–H groups in total. The zero-order chi connectivity index (χ0) is 15.7. The molecule has 0 aliphatic carbocycles. The van der Waals surface area contributed by atoms with Crippen LogP contribution in [0.3, 0.4) is 0 Å². The molecule has 0 amide bonds. The molecule has 0 fully saturated rings. The molecule has 0 saturated heterocycles. The van der Waals surface area contributed by atoms with Gasteiger partial charge in [-0.1, -0.05) is 23.7 Å². The third-order valence-electron chi connectivity index (χ3n) is 3.75. The minimum atomic E-state index is -0.275. The average Bonchev–Trinajstić information content (AvgIpc) is 2.53. The van der Waals surface area contributed by atoms with Crippen LogP contribution in [0.5, 0.6) is 17.2 Å². The van der Waals surface area contributed by atoms with E-state index in [9.17, 15) is 4.79 Å². The maximum absolute atomic E-state index is 11.9. The summed E-state index contributed by atoms with van der Waals surface area (Å²) in [7, 11) is 3.15. The van der Waals surface area contributed by atoms with E-state index < -0.39 is 0 Å². The van der Waals surface area contributed by atoms with Crippen molar-refractivity contribution in [2.24, 2.45) is 0 Å². The topological polar surface area (TPSA) is 44.8 Å². The van der Waals surface area contributed by atoms with E-state index >= 15 is 0 Å². The number of hydrogen-bond donors (Lipinski definition) is 0. The predicted octanol–water partition coefficient (Wildman–Crippen LogP) is 3.80. The molecule has 4 nitrogen and oxygen atoms in total. The normalized spacial score (nSPS) is 16.7. The minimum Gasteiger partial charge on any atom is -0.496 e. The summed E-state index contributed by atoms with van der Waals surface area (Å²) in [5.74, 6) is 1.30. The number of halogens is 1. The van der Waals surface area contributed by atoms with Crippen molar-refractivity contribution < 1.29 is 19.0 Å². The zero-order valence-electron chi connectivity index (χ0n) is 12.3. The zero-order valence-corrected chi connectivity index (χ0v) is 13.0. The van der Waals surface area contributed by atoms with Crippen molar-refractivity contribution in [2.75, 3.05) is 14.2 Å². The molecule has 1 atom stereocenters. The van der Waals surface area contributed by atoms with Crippen LogP contribution in [0.25, 0.3) is 0 Å². The van der Waals surface area contributed by atoms with Crippen molar-refractivity contribution >= 4 is 17.6 Å². The molecule has 1 aliphatic heterocycles. The molecule has 0 saturated carbocycles. The molecule has 1 aliphatic rings. The number of rotatable bonds is 3. The van der Waals surface area contributed by atoms with Gasteiger partial charge in [0.25, 0.3) is 0 Å². The first-order valence-corrected chi connectivity index (χ1v) is 7.22. The van der Waals surface area contributed by atoms with E-state index in [1.807, 2.05) is 24.3 Å². The van der Waals surface area contributed by atoms with E-state index in [2.05, 4.69) is 0 Å². The van der Waals surface area contributed by atoms with E-state index in [1.54, 1.807) is 26.4 Å². The molecule has 114 valence electrons. The first-order chi connectivity index (χ1) is 10.6. The molecule has 0 unspecified atom stereocenters. The standard InChI is InChI=1S/C17H15ClO4/c1-20-12-7-14(21-2)17-13(9-16(19)22-15(17)8-12)10-3-5-11(18)6-4-10/h3-8,13H,9H2,1-2H3/t13-/m1/s1. The van der Waals surface area contributed by atoms with Crippen LogP contribution in [-0.4, -0.2) is 20.2 Å². The Balaban J connectivity index is 2.15. The lowest BCUT2D eigenvalue weighted by atomic mass is 9.85. The first kappa shape index (κ1) is 14.7.